The molecule has 0 aliphatic carbocycles. The first-order valence-corrected chi connectivity index (χ1v) is 4.47. The van der Waals surface area contributed by atoms with Gasteiger partial charge in [0.05, 0.1) is 24.0 Å². The van der Waals surface area contributed by atoms with E-state index in [-0.39, 0.29) is 6.61 Å². The highest BCUT2D eigenvalue weighted by Crippen LogP contribution is 2.18. The first kappa shape index (κ1) is 9.18. The van der Waals surface area contributed by atoms with Crippen molar-refractivity contribution in [3.05, 3.63) is 36.3 Å². The monoisotopic (exact) mass is 191 g/mol. The van der Waals surface area contributed by atoms with Crippen LogP contribution in [0.15, 0.2) is 30.6 Å². The maximum atomic E-state index is 9.16. The zero-order valence-electron chi connectivity index (χ0n) is 8.01. The van der Waals surface area contributed by atoms with Crippen LogP contribution in [0.3, 0.4) is 0 Å². The van der Waals surface area contributed by atoms with Crippen molar-refractivity contribution in [2.24, 2.45) is 5.73 Å². The highest BCUT2D eigenvalue weighted by molar-refractivity contribution is 5.41. The Bertz CT molecular complexity index is 447. The van der Waals surface area contributed by atoms with Gasteiger partial charge in [0, 0.05) is 6.20 Å². The summed E-state index contributed by atoms with van der Waals surface area (Å²) < 4.78 is 1.89. The average Bonchev–Trinajstić information content (AvgIpc) is 2.61. The molecule has 0 aliphatic rings. The molecular weight excluding hydrogens is 178 g/mol. The molecular formula is C10H13N3O. The van der Waals surface area contributed by atoms with Crippen LogP contribution in [0.2, 0.25) is 0 Å². The van der Waals surface area contributed by atoms with E-state index in [9.17, 15) is 0 Å². The van der Waals surface area contributed by atoms with Crippen molar-refractivity contribution in [1.82, 2.24) is 9.38 Å². The summed E-state index contributed by atoms with van der Waals surface area (Å²) in [7, 11) is 0. The van der Waals surface area contributed by atoms with Gasteiger partial charge in [-0.25, -0.2) is 4.98 Å². The zero-order chi connectivity index (χ0) is 10.2. The molecule has 4 nitrogen and oxygen atoms in total. The number of hydrogen-bond acceptors (Lipinski definition) is 3. The summed E-state index contributed by atoms with van der Waals surface area (Å²) >= 11 is 0. The van der Waals surface area contributed by atoms with Gasteiger partial charge in [0.1, 0.15) is 5.65 Å². The van der Waals surface area contributed by atoms with E-state index in [1.807, 2.05) is 28.8 Å². The lowest BCUT2D eigenvalue weighted by Crippen LogP contribution is -2.38. The van der Waals surface area contributed by atoms with Gasteiger partial charge in [-0.1, -0.05) is 6.07 Å². The maximum Gasteiger partial charge on any atom is 0.136 e. The second-order valence-electron chi connectivity index (χ2n) is 3.65. The van der Waals surface area contributed by atoms with Crippen molar-refractivity contribution in [3.63, 3.8) is 0 Å². The molecule has 0 saturated carbocycles. The quantitative estimate of drug-likeness (QED) is 0.726. The van der Waals surface area contributed by atoms with Gasteiger partial charge >= 0.3 is 0 Å². The van der Waals surface area contributed by atoms with E-state index in [0.29, 0.717) is 0 Å². The van der Waals surface area contributed by atoms with Crippen molar-refractivity contribution in [1.29, 1.82) is 0 Å². The van der Waals surface area contributed by atoms with Gasteiger partial charge < -0.3 is 15.2 Å². The van der Waals surface area contributed by atoms with Crippen LogP contribution in [-0.2, 0) is 5.54 Å². The Morgan fingerprint density at radius 3 is 3.07 bits per heavy atom. The molecule has 0 saturated heterocycles. The SMILES string of the molecule is CC(N)(CO)c1cnc2ccccn12. The summed E-state index contributed by atoms with van der Waals surface area (Å²) in [5.41, 5.74) is 6.84. The fourth-order valence-electron chi connectivity index (χ4n) is 1.44. The number of aliphatic hydroxyl groups is 1. The molecule has 2 heterocycles. The third-order valence-electron chi connectivity index (χ3n) is 2.33. The number of aromatic nitrogens is 2. The number of imidazole rings is 1. The van der Waals surface area contributed by atoms with Crippen LogP contribution >= 0.6 is 0 Å². The summed E-state index contributed by atoms with van der Waals surface area (Å²) in [6.07, 6.45) is 3.59. The van der Waals surface area contributed by atoms with E-state index in [2.05, 4.69) is 4.98 Å². The Hall–Kier alpha value is -1.39. The first-order chi connectivity index (χ1) is 6.65. The summed E-state index contributed by atoms with van der Waals surface area (Å²) in [5.74, 6) is 0. The van der Waals surface area contributed by atoms with Gasteiger partial charge in [-0.05, 0) is 19.1 Å². The number of aliphatic hydroxyl groups excluding tert-OH is 1. The molecule has 2 aromatic rings. The van der Waals surface area contributed by atoms with Crippen molar-refractivity contribution in [3.8, 4) is 0 Å². The fraction of sp³-hybridized carbons (Fsp3) is 0.300. The number of hydrogen-bond donors (Lipinski definition) is 2. The van der Waals surface area contributed by atoms with Crippen LogP contribution in [0.25, 0.3) is 5.65 Å². The van der Waals surface area contributed by atoms with Gasteiger partial charge in [-0.3, -0.25) is 0 Å². The van der Waals surface area contributed by atoms with Crippen LogP contribution in [0.5, 0.6) is 0 Å². The Kier molecular flexibility index (Phi) is 2.02. The van der Waals surface area contributed by atoms with Crippen molar-refractivity contribution < 1.29 is 5.11 Å². The van der Waals surface area contributed by atoms with E-state index in [0.717, 1.165) is 11.3 Å². The predicted octanol–water partition coefficient (Wildman–Crippen LogP) is 0.500. The lowest BCUT2D eigenvalue weighted by atomic mass is 10.0. The summed E-state index contributed by atoms with van der Waals surface area (Å²) in [6, 6.07) is 5.72. The average molecular weight is 191 g/mol. The number of rotatable bonds is 2. The molecule has 3 N–H and O–H groups in total. The van der Waals surface area contributed by atoms with Gasteiger partial charge in [0.2, 0.25) is 0 Å². The molecule has 74 valence electrons. The second kappa shape index (κ2) is 3.08. The van der Waals surface area contributed by atoms with Crippen LogP contribution < -0.4 is 5.73 Å². The Morgan fingerprint density at radius 2 is 2.36 bits per heavy atom. The van der Waals surface area contributed by atoms with Gasteiger partial charge in [0.25, 0.3) is 0 Å². The summed E-state index contributed by atoms with van der Waals surface area (Å²) in [4.78, 5) is 4.20. The maximum absolute atomic E-state index is 9.16. The molecule has 14 heavy (non-hydrogen) atoms. The molecule has 4 heteroatoms. The molecule has 1 unspecified atom stereocenters. The Labute approximate surface area is 82.0 Å². The van der Waals surface area contributed by atoms with E-state index >= 15 is 0 Å². The molecule has 0 fully saturated rings. The van der Waals surface area contributed by atoms with Gasteiger partial charge in [-0.15, -0.1) is 0 Å². The molecule has 0 bridgehead atoms. The van der Waals surface area contributed by atoms with Gasteiger partial charge in [-0.2, -0.15) is 0 Å². The third kappa shape index (κ3) is 1.29. The standard InChI is InChI=1S/C10H13N3O/c1-10(11,7-14)8-6-12-9-4-2-3-5-13(8)9/h2-6,14H,7,11H2,1H3. The van der Waals surface area contributed by atoms with Crippen LogP contribution in [0, 0.1) is 0 Å². The topological polar surface area (TPSA) is 63.5 Å². The Balaban J connectivity index is 2.64. The molecule has 0 amide bonds. The van der Waals surface area contributed by atoms with E-state index in [1.54, 1.807) is 13.1 Å². The van der Waals surface area contributed by atoms with E-state index < -0.39 is 5.54 Å². The second-order valence-corrected chi connectivity index (χ2v) is 3.65. The third-order valence-corrected chi connectivity index (χ3v) is 2.33. The van der Waals surface area contributed by atoms with Crippen LogP contribution in [-0.4, -0.2) is 21.1 Å². The largest absolute Gasteiger partial charge is 0.394 e. The van der Waals surface area contributed by atoms with Crippen LogP contribution in [0.4, 0.5) is 0 Å². The van der Waals surface area contributed by atoms with E-state index in [4.69, 9.17) is 10.8 Å². The first-order valence-electron chi connectivity index (χ1n) is 4.47. The molecule has 2 rings (SSSR count). The number of nitrogens with zero attached hydrogens (tertiary/aromatic N) is 2. The smallest absolute Gasteiger partial charge is 0.136 e. The molecule has 0 radical (unpaired) electrons. The lowest BCUT2D eigenvalue weighted by molar-refractivity contribution is 0.206. The molecule has 0 spiro atoms. The minimum Gasteiger partial charge on any atom is -0.394 e. The van der Waals surface area contributed by atoms with Crippen molar-refractivity contribution >= 4 is 5.65 Å². The highest BCUT2D eigenvalue weighted by Gasteiger charge is 2.23. The zero-order valence-corrected chi connectivity index (χ0v) is 8.01. The normalized spacial score (nSPS) is 15.6. The Morgan fingerprint density at radius 1 is 1.57 bits per heavy atom. The number of nitrogens with two attached hydrogens (primary N) is 1. The summed E-state index contributed by atoms with van der Waals surface area (Å²) in [6.45, 7) is 1.68. The summed E-state index contributed by atoms with van der Waals surface area (Å²) in [5, 5.41) is 9.16. The fourth-order valence-corrected chi connectivity index (χ4v) is 1.44. The molecule has 1 atom stereocenters. The van der Waals surface area contributed by atoms with Crippen molar-refractivity contribution in [2.45, 2.75) is 12.5 Å². The predicted molar refractivity (Wildman–Crippen MR) is 53.8 cm³/mol. The van der Waals surface area contributed by atoms with Crippen molar-refractivity contribution in [2.75, 3.05) is 6.61 Å². The number of pyridine rings is 1. The van der Waals surface area contributed by atoms with E-state index in [1.165, 1.54) is 0 Å². The highest BCUT2D eigenvalue weighted by atomic mass is 16.3. The minimum absolute atomic E-state index is 0.102. The molecule has 0 aromatic carbocycles. The lowest BCUT2D eigenvalue weighted by Gasteiger charge is -2.20. The molecule has 0 aliphatic heterocycles. The van der Waals surface area contributed by atoms with Gasteiger partial charge in [0.15, 0.2) is 0 Å². The number of fused-ring (bicyclic) bond motifs is 1. The van der Waals surface area contributed by atoms with Crippen LogP contribution in [0.1, 0.15) is 12.6 Å². The minimum atomic E-state index is -0.749. The molecule has 2 aromatic heterocycles.